The monoisotopic (exact) mass is 379 g/mol. The number of aromatic hydroxyl groups is 1. The smallest absolute Gasteiger partial charge is 0.320 e. The molecule has 1 amide bonds. The molecule has 0 aromatic heterocycles. The number of phenolic OH excluding ortho intramolecular Hbond substituents is 1. The number of halogens is 1. The van der Waals surface area contributed by atoms with Gasteiger partial charge in [0.25, 0.3) is 5.91 Å². The van der Waals surface area contributed by atoms with Crippen LogP contribution in [0.5, 0.6) is 11.5 Å². The number of phenols is 1. The van der Waals surface area contributed by atoms with Crippen molar-refractivity contribution < 1.29 is 24.2 Å². The number of ether oxygens (including phenoxy) is 2. The third kappa shape index (κ3) is 3.98. The Kier molecular flexibility index (Phi) is 5.87. The highest BCUT2D eigenvalue weighted by Gasteiger charge is 2.19. The predicted molar refractivity (Wildman–Crippen MR) is 76.8 cm³/mol. The van der Waals surface area contributed by atoms with Crippen LogP contribution in [-0.4, -0.2) is 41.7 Å². The van der Waals surface area contributed by atoms with E-state index in [2.05, 4.69) is 10.1 Å². The lowest BCUT2D eigenvalue weighted by Crippen LogP contribution is -2.33. The fourth-order valence-electron chi connectivity index (χ4n) is 1.36. The summed E-state index contributed by atoms with van der Waals surface area (Å²) in [6.07, 6.45) is 0. The van der Waals surface area contributed by atoms with Crippen LogP contribution in [0.15, 0.2) is 18.2 Å². The molecular formula is C12H14INO5. The lowest BCUT2D eigenvalue weighted by Gasteiger charge is -2.11. The highest BCUT2D eigenvalue weighted by Crippen LogP contribution is 2.29. The average molecular weight is 379 g/mol. The molecule has 0 heterocycles. The summed E-state index contributed by atoms with van der Waals surface area (Å²) < 4.78 is 8.97. The zero-order chi connectivity index (χ0) is 14.4. The summed E-state index contributed by atoms with van der Waals surface area (Å²) in [7, 11) is 2.68. The minimum absolute atomic E-state index is 0.0906. The van der Waals surface area contributed by atoms with Crippen molar-refractivity contribution in [3.05, 3.63) is 23.8 Å². The molecule has 0 aliphatic carbocycles. The second-order valence-electron chi connectivity index (χ2n) is 3.56. The van der Waals surface area contributed by atoms with E-state index < -0.39 is 15.8 Å². The number of esters is 1. The van der Waals surface area contributed by atoms with Gasteiger partial charge in [-0.3, -0.25) is 9.59 Å². The third-order valence-corrected chi connectivity index (χ3v) is 3.31. The van der Waals surface area contributed by atoms with E-state index in [1.165, 1.54) is 20.3 Å². The van der Waals surface area contributed by atoms with Gasteiger partial charge in [-0.15, -0.1) is 0 Å². The van der Waals surface area contributed by atoms with Crippen molar-refractivity contribution >= 4 is 34.5 Å². The Labute approximate surface area is 124 Å². The van der Waals surface area contributed by atoms with Gasteiger partial charge in [0.1, 0.15) is 3.92 Å². The molecule has 0 spiro atoms. The number of nitrogens with one attached hydrogen (secondary N) is 1. The van der Waals surface area contributed by atoms with E-state index in [0.29, 0.717) is 0 Å². The first-order valence-electron chi connectivity index (χ1n) is 5.37. The van der Waals surface area contributed by atoms with E-state index in [4.69, 9.17) is 4.74 Å². The van der Waals surface area contributed by atoms with Gasteiger partial charge in [0.2, 0.25) is 0 Å². The highest BCUT2D eigenvalue weighted by atomic mass is 127. The number of methoxy groups -OCH3 is 2. The third-order valence-electron chi connectivity index (χ3n) is 2.36. The van der Waals surface area contributed by atoms with Crippen molar-refractivity contribution in [2.24, 2.45) is 0 Å². The Morgan fingerprint density at radius 2 is 2.11 bits per heavy atom. The van der Waals surface area contributed by atoms with Crippen LogP contribution in [0.4, 0.5) is 0 Å². The Hall–Kier alpha value is -1.51. The molecule has 0 saturated heterocycles. The SMILES string of the molecule is COC(=O)C(I)CNC(=O)c1cccc(OC)c1O. The summed E-state index contributed by atoms with van der Waals surface area (Å²) in [6, 6.07) is 4.60. The summed E-state index contributed by atoms with van der Waals surface area (Å²) in [6.45, 7) is 0.114. The van der Waals surface area contributed by atoms with Gasteiger partial charge in [-0.2, -0.15) is 0 Å². The van der Waals surface area contributed by atoms with E-state index in [0.717, 1.165) is 0 Å². The number of hydrogen-bond donors (Lipinski definition) is 2. The minimum atomic E-state index is -0.487. The maximum absolute atomic E-state index is 11.9. The molecule has 0 radical (unpaired) electrons. The lowest BCUT2D eigenvalue weighted by molar-refractivity contribution is -0.139. The number of rotatable bonds is 5. The average Bonchev–Trinajstić information content (AvgIpc) is 2.43. The normalized spacial score (nSPS) is 11.5. The van der Waals surface area contributed by atoms with E-state index >= 15 is 0 Å². The number of alkyl halides is 1. The Bertz CT molecular complexity index is 477. The highest BCUT2D eigenvalue weighted by molar-refractivity contribution is 14.1. The molecule has 104 valence electrons. The largest absolute Gasteiger partial charge is 0.504 e. The molecule has 2 N–H and O–H groups in total. The molecule has 0 saturated carbocycles. The molecule has 0 aliphatic heterocycles. The Morgan fingerprint density at radius 3 is 2.68 bits per heavy atom. The zero-order valence-electron chi connectivity index (χ0n) is 10.5. The number of carbonyl (C=O) groups excluding carboxylic acids is 2. The molecule has 0 bridgehead atoms. The maximum atomic E-state index is 11.9. The number of para-hydroxylation sites is 1. The van der Waals surface area contributed by atoms with Crippen LogP contribution in [0.1, 0.15) is 10.4 Å². The molecular weight excluding hydrogens is 365 g/mol. The van der Waals surface area contributed by atoms with Crippen molar-refractivity contribution in [2.45, 2.75) is 3.92 Å². The summed E-state index contributed by atoms with van der Waals surface area (Å²) in [4.78, 5) is 23.0. The second kappa shape index (κ2) is 7.17. The van der Waals surface area contributed by atoms with Crippen LogP contribution in [0, 0.1) is 0 Å². The van der Waals surface area contributed by atoms with Gasteiger partial charge in [0.05, 0.1) is 19.8 Å². The first kappa shape index (κ1) is 15.5. The van der Waals surface area contributed by atoms with Crippen molar-refractivity contribution in [1.82, 2.24) is 5.32 Å². The topological polar surface area (TPSA) is 84.9 Å². The molecule has 1 rings (SSSR count). The number of benzene rings is 1. The van der Waals surface area contributed by atoms with Gasteiger partial charge in [-0.1, -0.05) is 28.7 Å². The van der Waals surface area contributed by atoms with Crippen molar-refractivity contribution in [3.8, 4) is 11.5 Å². The van der Waals surface area contributed by atoms with Crippen LogP contribution < -0.4 is 10.1 Å². The van der Waals surface area contributed by atoms with Crippen LogP contribution in [0.3, 0.4) is 0 Å². The fraction of sp³-hybridized carbons (Fsp3) is 0.333. The molecule has 19 heavy (non-hydrogen) atoms. The van der Waals surface area contributed by atoms with Gasteiger partial charge >= 0.3 is 5.97 Å². The zero-order valence-corrected chi connectivity index (χ0v) is 12.6. The Morgan fingerprint density at radius 1 is 1.42 bits per heavy atom. The van der Waals surface area contributed by atoms with Crippen molar-refractivity contribution in [2.75, 3.05) is 20.8 Å². The van der Waals surface area contributed by atoms with E-state index in [1.807, 2.05) is 22.6 Å². The predicted octanol–water partition coefficient (Wildman–Crippen LogP) is 1.11. The van der Waals surface area contributed by atoms with Crippen LogP contribution >= 0.6 is 22.6 Å². The van der Waals surface area contributed by atoms with Gasteiger partial charge in [0.15, 0.2) is 11.5 Å². The second-order valence-corrected chi connectivity index (χ2v) is 5.06. The van der Waals surface area contributed by atoms with E-state index in [1.54, 1.807) is 12.1 Å². The number of amides is 1. The first-order valence-corrected chi connectivity index (χ1v) is 6.61. The molecule has 1 aromatic carbocycles. The Balaban J connectivity index is 2.71. The van der Waals surface area contributed by atoms with Gasteiger partial charge in [0, 0.05) is 6.54 Å². The van der Waals surface area contributed by atoms with Crippen LogP contribution in [-0.2, 0) is 9.53 Å². The minimum Gasteiger partial charge on any atom is -0.504 e. The molecule has 1 unspecified atom stereocenters. The van der Waals surface area contributed by atoms with Crippen molar-refractivity contribution in [3.63, 3.8) is 0 Å². The molecule has 6 nitrogen and oxygen atoms in total. The lowest BCUT2D eigenvalue weighted by atomic mass is 10.1. The quantitative estimate of drug-likeness (QED) is 0.455. The summed E-state index contributed by atoms with van der Waals surface area (Å²) in [5, 5.41) is 12.3. The number of hydrogen-bond acceptors (Lipinski definition) is 5. The van der Waals surface area contributed by atoms with Crippen molar-refractivity contribution in [1.29, 1.82) is 0 Å². The maximum Gasteiger partial charge on any atom is 0.320 e. The van der Waals surface area contributed by atoms with Gasteiger partial charge in [-0.25, -0.2) is 0 Å². The molecule has 7 heteroatoms. The number of carbonyl (C=O) groups is 2. The molecule has 1 aromatic rings. The van der Waals surface area contributed by atoms with Gasteiger partial charge in [-0.05, 0) is 12.1 Å². The summed E-state index contributed by atoms with van der Waals surface area (Å²) >= 11 is 1.87. The molecule has 0 aliphatic rings. The summed E-state index contributed by atoms with van der Waals surface area (Å²) in [5.41, 5.74) is 0.0906. The molecule has 0 fully saturated rings. The molecule has 1 atom stereocenters. The van der Waals surface area contributed by atoms with Crippen LogP contribution in [0.25, 0.3) is 0 Å². The van der Waals surface area contributed by atoms with Gasteiger partial charge < -0.3 is 19.9 Å². The van der Waals surface area contributed by atoms with Crippen LogP contribution in [0.2, 0.25) is 0 Å². The fourth-order valence-corrected chi connectivity index (χ4v) is 1.83. The van der Waals surface area contributed by atoms with E-state index in [-0.39, 0.29) is 23.6 Å². The van der Waals surface area contributed by atoms with E-state index in [9.17, 15) is 14.7 Å². The first-order chi connectivity index (χ1) is 9.01. The summed E-state index contributed by atoms with van der Waals surface area (Å²) in [5.74, 6) is -0.921. The standard InChI is InChI=1S/C12H14INO5/c1-18-9-5-3-4-7(10(9)15)11(16)14-6-8(13)12(17)19-2/h3-5,8,15H,6H2,1-2H3,(H,14,16).